The number of hydrogen-bond donors (Lipinski definition) is 1. The van der Waals surface area contributed by atoms with Crippen LogP contribution in [0, 0.1) is 0 Å². The number of ether oxygens (including phenoxy) is 1. The molecular weight excluding hydrogens is 538 g/mol. The van der Waals surface area contributed by atoms with E-state index in [1.54, 1.807) is 54.6 Å². The zero-order valence-electron chi connectivity index (χ0n) is 22.3. The summed E-state index contributed by atoms with van der Waals surface area (Å²) >= 11 is 6.82. The number of unbranched alkanes of at least 4 members (excludes halogenated alkanes) is 2. The molecule has 3 amide bonds. The normalized spacial score (nSPS) is 14.4. The molecule has 3 rings (SSSR count). The number of hydrogen-bond acceptors (Lipinski definition) is 7. The standard InChI is InChI=1S/C29H34ClN3O5S/c1-3-32(4-2)18-19-38-28(36)22-11-15-24(16-12-22)31-26(34)8-6-5-7-17-33-27(35)25(39-29(33)37)20-21-9-13-23(30)14-10-21/h9-16,20H,3-8,17-19H2,1-2H3,(H,31,34)/b25-20-. The van der Waals surface area contributed by atoms with Crippen LogP contribution in [0.2, 0.25) is 5.02 Å². The first kappa shape index (κ1) is 30.4. The molecule has 0 bridgehead atoms. The van der Waals surface area contributed by atoms with Gasteiger partial charge in [0.1, 0.15) is 6.61 Å². The van der Waals surface area contributed by atoms with Crippen LogP contribution in [-0.4, -0.2) is 65.6 Å². The van der Waals surface area contributed by atoms with Gasteiger partial charge in [-0.2, -0.15) is 0 Å². The van der Waals surface area contributed by atoms with E-state index in [0.717, 1.165) is 30.4 Å². The molecule has 0 spiro atoms. The highest BCUT2D eigenvalue weighted by Crippen LogP contribution is 2.32. The summed E-state index contributed by atoms with van der Waals surface area (Å²) in [6, 6.07) is 13.7. The lowest BCUT2D eigenvalue weighted by Crippen LogP contribution is -2.29. The molecule has 1 heterocycles. The Balaban J connectivity index is 1.34. The predicted octanol–water partition coefficient (Wildman–Crippen LogP) is 6.07. The average Bonchev–Trinajstić information content (AvgIpc) is 3.19. The number of thioether (sulfide) groups is 1. The van der Waals surface area contributed by atoms with Crippen molar-refractivity contribution in [2.24, 2.45) is 0 Å². The minimum atomic E-state index is -0.388. The Morgan fingerprint density at radius 2 is 1.69 bits per heavy atom. The van der Waals surface area contributed by atoms with Crippen LogP contribution in [-0.2, 0) is 14.3 Å². The van der Waals surface area contributed by atoms with Crippen LogP contribution in [0.3, 0.4) is 0 Å². The van der Waals surface area contributed by atoms with E-state index in [1.165, 1.54) is 4.90 Å². The Bertz CT molecular complexity index is 1180. The lowest BCUT2D eigenvalue weighted by Gasteiger charge is -2.17. The van der Waals surface area contributed by atoms with Crippen LogP contribution >= 0.6 is 23.4 Å². The van der Waals surface area contributed by atoms with Gasteiger partial charge in [0.05, 0.1) is 10.5 Å². The number of esters is 1. The molecular formula is C29H34ClN3O5S. The van der Waals surface area contributed by atoms with Gasteiger partial charge in [-0.05, 0) is 85.7 Å². The molecule has 0 aromatic heterocycles. The first-order valence-electron chi connectivity index (χ1n) is 13.1. The lowest BCUT2D eigenvalue weighted by atomic mass is 10.1. The summed E-state index contributed by atoms with van der Waals surface area (Å²) in [5.41, 5.74) is 1.84. The summed E-state index contributed by atoms with van der Waals surface area (Å²) in [6.45, 7) is 7.28. The maximum atomic E-state index is 12.6. The van der Waals surface area contributed by atoms with Crippen molar-refractivity contribution in [2.45, 2.75) is 39.5 Å². The summed E-state index contributed by atoms with van der Waals surface area (Å²) in [7, 11) is 0. The molecule has 39 heavy (non-hydrogen) atoms. The van der Waals surface area contributed by atoms with Gasteiger partial charge in [-0.1, -0.05) is 44.0 Å². The van der Waals surface area contributed by atoms with Gasteiger partial charge in [0.25, 0.3) is 11.1 Å². The highest BCUT2D eigenvalue weighted by molar-refractivity contribution is 8.18. The van der Waals surface area contributed by atoms with Crippen molar-refractivity contribution in [3.63, 3.8) is 0 Å². The van der Waals surface area contributed by atoms with Gasteiger partial charge in [-0.3, -0.25) is 19.3 Å². The number of benzene rings is 2. The average molecular weight is 572 g/mol. The summed E-state index contributed by atoms with van der Waals surface area (Å²) in [6.07, 6.45) is 3.94. The van der Waals surface area contributed by atoms with E-state index < -0.39 is 0 Å². The van der Waals surface area contributed by atoms with Crippen molar-refractivity contribution < 1.29 is 23.9 Å². The van der Waals surface area contributed by atoms with Crippen molar-refractivity contribution in [1.82, 2.24) is 9.80 Å². The van der Waals surface area contributed by atoms with E-state index in [0.29, 0.717) is 66.6 Å². The molecule has 1 aliphatic heterocycles. The largest absolute Gasteiger partial charge is 0.461 e. The van der Waals surface area contributed by atoms with Crippen molar-refractivity contribution in [3.05, 3.63) is 69.6 Å². The fraction of sp³-hybridized carbons (Fsp3) is 0.379. The fourth-order valence-electron chi connectivity index (χ4n) is 3.94. The molecule has 8 nitrogen and oxygen atoms in total. The topological polar surface area (TPSA) is 96.0 Å². The Labute approximate surface area is 238 Å². The monoisotopic (exact) mass is 571 g/mol. The highest BCUT2D eigenvalue weighted by atomic mass is 35.5. The molecule has 10 heteroatoms. The number of halogens is 1. The van der Waals surface area contributed by atoms with Crippen LogP contribution in [0.25, 0.3) is 6.08 Å². The second kappa shape index (κ2) is 15.5. The maximum Gasteiger partial charge on any atom is 0.338 e. The molecule has 0 atom stereocenters. The minimum absolute atomic E-state index is 0.137. The molecule has 0 unspecified atom stereocenters. The van der Waals surface area contributed by atoms with E-state index >= 15 is 0 Å². The van der Waals surface area contributed by atoms with Crippen LogP contribution in [0.1, 0.15) is 55.5 Å². The summed E-state index contributed by atoms with van der Waals surface area (Å²) in [5.74, 6) is -0.823. The molecule has 1 saturated heterocycles. The zero-order chi connectivity index (χ0) is 28.2. The van der Waals surface area contributed by atoms with Gasteiger partial charge in [-0.25, -0.2) is 4.79 Å². The van der Waals surface area contributed by atoms with E-state index in [4.69, 9.17) is 16.3 Å². The molecule has 1 fully saturated rings. The third-order valence-corrected chi connectivity index (χ3v) is 7.43. The van der Waals surface area contributed by atoms with Crippen molar-refractivity contribution in [2.75, 3.05) is 38.1 Å². The van der Waals surface area contributed by atoms with E-state index in [-0.39, 0.29) is 23.0 Å². The maximum absolute atomic E-state index is 12.6. The predicted molar refractivity (Wildman–Crippen MR) is 156 cm³/mol. The highest BCUT2D eigenvalue weighted by Gasteiger charge is 2.34. The fourth-order valence-corrected chi connectivity index (χ4v) is 4.93. The van der Waals surface area contributed by atoms with Crippen molar-refractivity contribution in [1.29, 1.82) is 0 Å². The number of nitrogens with one attached hydrogen (secondary N) is 1. The van der Waals surface area contributed by atoms with Gasteiger partial charge >= 0.3 is 5.97 Å². The Morgan fingerprint density at radius 1 is 1.00 bits per heavy atom. The SMILES string of the molecule is CCN(CC)CCOC(=O)c1ccc(NC(=O)CCCCCN2C(=O)S/C(=C\c3ccc(Cl)cc3)C2=O)cc1. The van der Waals surface area contributed by atoms with Crippen molar-refractivity contribution >= 4 is 58.1 Å². The van der Waals surface area contributed by atoms with Crippen LogP contribution in [0.4, 0.5) is 10.5 Å². The first-order valence-corrected chi connectivity index (χ1v) is 14.3. The second-order valence-electron chi connectivity index (χ2n) is 8.98. The molecule has 2 aromatic carbocycles. The van der Waals surface area contributed by atoms with Gasteiger partial charge in [0.2, 0.25) is 5.91 Å². The smallest absolute Gasteiger partial charge is 0.338 e. The van der Waals surface area contributed by atoms with E-state index in [2.05, 4.69) is 24.1 Å². The number of carbonyl (C=O) groups is 4. The second-order valence-corrected chi connectivity index (χ2v) is 10.4. The summed E-state index contributed by atoms with van der Waals surface area (Å²) < 4.78 is 5.32. The van der Waals surface area contributed by atoms with Gasteiger partial charge in [0, 0.05) is 30.2 Å². The number of rotatable bonds is 14. The zero-order valence-corrected chi connectivity index (χ0v) is 23.9. The number of anilines is 1. The molecule has 0 aliphatic carbocycles. The Kier molecular flexibility index (Phi) is 12.0. The number of nitrogens with zero attached hydrogens (tertiary/aromatic N) is 2. The van der Waals surface area contributed by atoms with Gasteiger partial charge < -0.3 is 15.0 Å². The van der Waals surface area contributed by atoms with Crippen LogP contribution in [0.5, 0.6) is 0 Å². The first-order chi connectivity index (χ1) is 18.8. The third kappa shape index (κ3) is 9.53. The number of carbonyl (C=O) groups excluding carboxylic acids is 4. The number of amides is 3. The Hall–Kier alpha value is -3.14. The van der Waals surface area contributed by atoms with Crippen LogP contribution < -0.4 is 5.32 Å². The molecule has 208 valence electrons. The third-order valence-electron chi connectivity index (χ3n) is 6.27. The molecule has 1 N–H and O–H groups in total. The molecule has 0 radical (unpaired) electrons. The minimum Gasteiger partial charge on any atom is -0.461 e. The van der Waals surface area contributed by atoms with Gasteiger partial charge in [-0.15, -0.1) is 0 Å². The molecule has 2 aromatic rings. The van der Waals surface area contributed by atoms with Gasteiger partial charge in [0.15, 0.2) is 0 Å². The summed E-state index contributed by atoms with van der Waals surface area (Å²) in [5, 5.41) is 3.14. The molecule has 0 saturated carbocycles. The summed E-state index contributed by atoms with van der Waals surface area (Å²) in [4.78, 5) is 53.3. The lowest BCUT2D eigenvalue weighted by molar-refractivity contribution is -0.123. The van der Waals surface area contributed by atoms with E-state index in [9.17, 15) is 19.2 Å². The van der Waals surface area contributed by atoms with Crippen molar-refractivity contribution in [3.8, 4) is 0 Å². The number of imide groups is 1. The molecule has 1 aliphatic rings. The number of likely N-dealkylation sites (N-methyl/N-ethyl adjacent to an activating group) is 1. The van der Waals surface area contributed by atoms with Crippen LogP contribution in [0.15, 0.2) is 53.4 Å². The Morgan fingerprint density at radius 3 is 2.36 bits per heavy atom. The quantitative estimate of drug-likeness (QED) is 0.167. The van der Waals surface area contributed by atoms with E-state index in [1.807, 2.05) is 0 Å².